The Morgan fingerprint density at radius 3 is 2.29 bits per heavy atom. The second-order valence-corrected chi connectivity index (χ2v) is 5.57. The van der Waals surface area contributed by atoms with Crippen LogP contribution in [0.5, 0.6) is 0 Å². The van der Waals surface area contributed by atoms with E-state index in [1.54, 1.807) is 11.3 Å². The van der Waals surface area contributed by atoms with Crippen LogP contribution in [0.4, 0.5) is 0 Å². The highest BCUT2D eigenvalue weighted by atomic mass is 32.1. The summed E-state index contributed by atoms with van der Waals surface area (Å²) in [6.07, 6.45) is 0. The van der Waals surface area contributed by atoms with Gasteiger partial charge in [-0.15, -0.1) is 11.3 Å². The molecule has 0 atom stereocenters. The Morgan fingerprint density at radius 2 is 1.76 bits per heavy atom. The third kappa shape index (κ3) is 2.67. The number of benzene rings is 1. The number of hydrogen-bond donors (Lipinski definition) is 0. The lowest BCUT2D eigenvalue weighted by atomic mass is 10.1. The van der Waals surface area contributed by atoms with Gasteiger partial charge in [0.25, 0.3) is 0 Å². The predicted octanol–water partition coefficient (Wildman–Crippen LogP) is 3.11. The van der Waals surface area contributed by atoms with Crippen molar-refractivity contribution < 1.29 is 0 Å². The summed E-state index contributed by atoms with van der Waals surface area (Å²) in [5.74, 6) is 0. The van der Waals surface area contributed by atoms with Crippen LogP contribution in [-0.4, -0.2) is 4.57 Å². The van der Waals surface area contributed by atoms with Gasteiger partial charge >= 0.3 is 0 Å². The Balaban J connectivity index is 2.26. The van der Waals surface area contributed by atoms with Gasteiger partial charge in [0, 0.05) is 17.6 Å². The van der Waals surface area contributed by atoms with E-state index in [1.165, 1.54) is 21.7 Å². The topological polar surface area (TPSA) is 17.3 Å². The van der Waals surface area contributed by atoms with Gasteiger partial charge in [-0.3, -0.25) is 4.99 Å². The third-order valence-electron chi connectivity index (χ3n) is 3.06. The van der Waals surface area contributed by atoms with Crippen molar-refractivity contribution in [2.24, 2.45) is 12.0 Å². The van der Waals surface area contributed by atoms with E-state index in [9.17, 15) is 0 Å². The van der Waals surface area contributed by atoms with Crippen molar-refractivity contribution >= 4 is 11.3 Å². The van der Waals surface area contributed by atoms with Gasteiger partial charge < -0.3 is 4.57 Å². The molecule has 0 saturated carbocycles. The Labute approximate surface area is 106 Å². The van der Waals surface area contributed by atoms with E-state index in [1.807, 2.05) is 0 Å². The molecule has 0 bridgehead atoms. The lowest BCUT2D eigenvalue weighted by Crippen LogP contribution is -2.11. The summed E-state index contributed by atoms with van der Waals surface area (Å²) < 4.78 is 2.16. The summed E-state index contributed by atoms with van der Waals surface area (Å²) in [4.78, 5) is 7.11. The van der Waals surface area contributed by atoms with Gasteiger partial charge in [0.15, 0.2) is 4.80 Å². The third-order valence-corrected chi connectivity index (χ3v) is 4.25. The average Bonchev–Trinajstić information content (AvgIpc) is 2.56. The molecule has 17 heavy (non-hydrogen) atoms. The lowest BCUT2D eigenvalue weighted by Gasteiger charge is -1.98. The van der Waals surface area contributed by atoms with E-state index in [-0.39, 0.29) is 0 Å². The molecular weight excluding hydrogens is 228 g/mol. The highest BCUT2D eigenvalue weighted by Gasteiger charge is 2.01. The summed E-state index contributed by atoms with van der Waals surface area (Å²) in [5, 5.41) is 0. The normalized spacial score (nSPS) is 12.1. The minimum Gasteiger partial charge on any atom is -0.324 e. The standard InChI is InChI=1S/C14H18N2S/c1-10-5-7-13(8-6-10)9-15-14-16(4)11(2)12(3)17-14/h5-8H,9H2,1-4H3. The fraction of sp³-hybridized carbons (Fsp3) is 0.357. The summed E-state index contributed by atoms with van der Waals surface area (Å²) in [6, 6.07) is 8.56. The fourth-order valence-electron chi connectivity index (χ4n) is 1.65. The molecule has 0 aliphatic heterocycles. The second-order valence-electron chi connectivity index (χ2n) is 4.39. The zero-order chi connectivity index (χ0) is 12.4. The SMILES string of the molecule is Cc1ccc(CN=c2sc(C)c(C)n2C)cc1. The molecule has 2 aromatic rings. The molecule has 0 amide bonds. The first-order valence-corrected chi connectivity index (χ1v) is 6.58. The van der Waals surface area contributed by atoms with E-state index < -0.39 is 0 Å². The maximum Gasteiger partial charge on any atom is 0.185 e. The van der Waals surface area contributed by atoms with Crippen LogP contribution in [0.3, 0.4) is 0 Å². The highest BCUT2D eigenvalue weighted by Crippen LogP contribution is 2.08. The van der Waals surface area contributed by atoms with Gasteiger partial charge in [-0.05, 0) is 26.3 Å². The number of rotatable bonds is 2. The monoisotopic (exact) mass is 246 g/mol. The van der Waals surface area contributed by atoms with Crippen LogP contribution < -0.4 is 4.80 Å². The van der Waals surface area contributed by atoms with Crippen molar-refractivity contribution in [2.45, 2.75) is 27.3 Å². The first-order chi connectivity index (χ1) is 8.08. The molecule has 1 aromatic carbocycles. The zero-order valence-electron chi connectivity index (χ0n) is 10.8. The zero-order valence-corrected chi connectivity index (χ0v) is 11.6. The van der Waals surface area contributed by atoms with Crippen molar-refractivity contribution in [3.8, 4) is 0 Å². The van der Waals surface area contributed by atoms with Crippen LogP contribution in [0.25, 0.3) is 0 Å². The highest BCUT2D eigenvalue weighted by molar-refractivity contribution is 7.09. The Bertz CT molecular complexity index is 573. The van der Waals surface area contributed by atoms with Crippen LogP contribution in [0.1, 0.15) is 21.7 Å². The van der Waals surface area contributed by atoms with Gasteiger partial charge in [-0.2, -0.15) is 0 Å². The summed E-state index contributed by atoms with van der Waals surface area (Å²) in [6.45, 7) is 7.14. The maximum absolute atomic E-state index is 4.67. The molecule has 1 heterocycles. The quantitative estimate of drug-likeness (QED) is 0.775. The number of thiazole rings is 1. The van der Waals surface area contributed by atoms with Crippen molar-refractivity contribution in [3.63, 3.8) is 0 Å². The van der Waals surface area contributed by atoms with E-state index in [0.29, 0.717) is 0 Å². The molecule has 0 fully saturated rings. The van der Waals surface area contributed by atoms with Crippen LogP contribution in [0.15, 0.2) is 29.3 Å². The van der Waals surface area contributed by atoms with Crippen molar-refractivity contribution in [1.29, 1.82) is 0 Å². The minimum atomic E-state index is 0.757. The van der Waals surface area contributed by atoms with Crippen LogP contribution in [0.2, 0.25) is 0 Å². The molecule has 0 radical (unpaired) electrons. The minimum absolute atomic E-state index is 0.757. The van der Waals surface area contributed by atoms with Crippen LogP contribution in [-0.2, 0) is 13.6 Å². The molecule has 90 valence electrons. The van der Waals surface area contributed by atoms with Crippen molar-refractivity contribution in [2.75, 3.05) is 0 Å². The van der Waals surface area contributed by atoms with Gasteiger partial charge in [-0.1, -0.05) is 29.8 Å². The molecule has 1 aromatic heterocycles. The molecule has 0 unspecified atom stereocenters. The lowest BCUT2D eigenvalue weighted by molar-refractivity contribution is 0.805. The number of aromatic nitrogens is 1. The van der Waals surface area contributed by atoms with E-state index in [0.717, 1.165) is 11.3 Å². The molecular formula is C14H18N2S. The maximum atomic E-state index is 4.67. The Hall–Kier alpha value is -1.35. The molecule has 0 spiro atoms. The molecule has 0 saturated heterocycles. The van der Waals surface area contributed by atoms with Crippen molar-refractivity contribution in [3.05, 3.63) is 50.8 Å². The van der Waals surface area contributed by atoms with E-state index in [2.05, 4.69) is 61.6 Å². The average molecular weight is 246 g/mol. The molecule has 0 N–H and O–H groups in total. The Kier molecular flexibility index (Phi) is 3.48. The fourth-order valence-corrected chi connectivity index (χ4v) is 2.61. The molecule has 3 heteroatoms. The summed E-state index contributed by atoms with van der Waals surface area (Å²) in [5.41, 5.74) is 3.86. The first kappa shape index (κ1) is 12.1. The summed E-state index contributed by atoms with van der Waals surface area (Å²) >= 11 is 1.76. The number of hydrogen-bond acceptors (Lipinski definition) is 2. The molecule has 2 nitrogen and oxygen atoms in total. The second kappa shape index (κ2) is 4.88. The van der Waals surface area contributed by atoms with Gasteiger partial charge in [-0.25, -0.2) is 0 Å². The van der Waals surface area contributed by atoms with Gasteiger partial charge in [0.1, 0.15) is 0 Å². The van der Waals surface area contributed by atoms with E-state index in [4.69, 9.17) is 0 Å². The molecule has 0 aliphatic rings. The van der Waals surface area contributed by atoms with Gasteiger partial charge in [0.05, 0.1) is 6.54 Å². The van der Waals surface area contributed by atoms with Gasteiger partial charge in [0.2, 0.25) is 0 Å². The molecule has 2 rings (SSSR count). The smallest absolute Gasteiger partial charge is 0.185 e. The van der Waals surface area contributed by atoms with Crippen molar-refractivity contribution in [1.82, 2.24) is 4.57 Å². The van der Waals surface area contributed by atoms with Crippen LogP contribution in [0, 0.1) is 20.8 Å². The number of nitrogens with zero attached hydrogens (tertiary/aromatic N) is 2. The van der Waals surface area contributed by atoms with E-state index >= 15 is 0 Å². The Morgan fingerprint density at radius 1 is 1.12 bits per heavy atom. The summed E-state index contributed by atoms with van der Waals surface area (Å²) in [7, 11) is 2.08. The predicted molar refractivity (Wildman–Crippen MR) is 73.2 cm³/mol. The first-order valence-electron chi connectivity index (χ1n) is 5.77. The largest absolute Gasteiger partial charge is 0.324 e. The number of aryl methyl sites for hydroxylation is 2. The van der Waals surface area contributed by atoms with Crippen LogP contribution >= 0.6 is 11.3 Å². The molecule has 0 aliphatic carbocycles.